The number of nitrogens with one attached hydrogen (secondary N) is 2. The topological polar surface area (TPSA) is 70.2 Å². The van der Waals surface area contributed by atoms with Crippen LogP contribution in [0.5, 0.6) is 0 Å². The van der Waals surface area contributed by atoms with Crippen LogP contribution in [0.25, 0.3) is 0 Å². The van der Waals surface area contributed by atoms with E-state index in [0.29, 0.717) is 12.2 Å². The summed E-state index contributed by atoms with van der Waals surface area (Å²) in [6.07, 6.45) is 9.90. The molecule has 1 saturated carbocycles. The van der Waals surface area contributed by atoms with Gasteiger partial charge in [0.1, 0.15) is 0 Å². The lowest BCUT2D eigenvalue weighted by atomic mass is 9.86. The molecule has 2 N–H and O–H groups in total. The first-order valence-corrected chi connectivity index (χ1v) is 9.77. The Morgan fingerprint density at radius 3 is 2.52 bits per heavy atom. The maximum Gasteiger partial charge on any atom is 0.224 e. The fourth-order valence-electron chi connectivity index (χ4n) is 3.48. The molecule has 0 unspecified atom stereocenters. The number of carbonyl (C=O) groups excluding carboxylic acids is 1. The lowest BCUT2D eigenvalue weighted by molar-refractivity contribution is -0.116. The lowest BCUT2D eigenvalue weighted by Gasteiger charge is -2.21. The second kappa shape index (κ2) is 9.35. The molecule has 1 aromatic heterocycles. The fraction of sp³-hybridized carbons (Fsp3) is 0.476. The molecule has 0 radical (unpaired) electrons. The molecule has 0 aliphatic heterocycles. The van der Waals surface area contributed by atoms with Crippen LogP contribution in [0, 0.1) is 5.92 Å². The average molecular weight is 367 g/mol. The zero-order valence-electron chi connectivity index (χ0n) is 16.2. The maximum atomic E-state index is 12.2. The minimum atomic E-state index is 0.103. The van der Waals surface area contributed by atoms with E-state index in [0.717, 1.165) is 29.4 Å². The Morgan fingerprint density at radius 1 is 1.11 bits per heavy atom. The monoisotopic (exact) mass is 367 g/mol. The highest BCUT2D eigenvalue weighted by Crippen LogP contribution is 2.27. The summed E-state index contributed by atoms with van der Waals surface area (Å²) in [5.74, 6) is 1.52. The number of hydrogen-bond donors (Lipinski definition) is 2. The Balaban J connectivity index is 1.49. The number of benzene rings is 1. The van der Waals surface area contributed by atoms with E-state index in [-0.39, 0.29) is 5.91 Å². The molecule has 1 aliphatic rings. The molecule has 6 nitrogen and oxygen atoms in total. The van der Waals surface area contributed by atoms with Crippen molar-refractivity contribution >= 4 is 28.8 Å². The SMILES string of the molecule is CN(C)c1cnnc(Nc2ccc(NC(=O)CCC3CCCCC3)cc2)c1. The van der Waals surface area contributed by atoms with E-state index in [1.165, 1.54) is 32.1 Å². The van der Waals surface area contributed by atoms with E-state index < -0.39 is 0 Å². The van der Waals surface area contributed by atoms with Gasteiger partial charge in [-0.25, -0.2) is 0 Å². The molecule has 3 rings (SSSR count). The molecule has 1 amide bonds. The van der Waals surface area contributed by atoms with Crippen LogP contribution in [0.15, 0.2) is 36.5 Å². The smallest absolute Gasteiger partial charge is 0.224 e. The largest absolute Gasteiger partial charge is 0.376 e. The third-order valence-electron chi connectivity index (χ3n) is 5.10. The van der Waals surface area contributed by atoms with E-state index in [4.69, 9.17) is 0 Å². The van der Waals surface area contributed by atoms with Gasteiger partial charge in [-0.3, -0.25) is 4.79 Å². The standard InChI is InChI=1S/C21H29N5O/c1-26(2)19-14-20(25-22-15-19)23-17-9-11-18(12-10-17)24-21(27)13-8-16-6-4-3-5-7-16/h9-12,14-16H,3-8,13H2,1-2H3,(H,23,25)(H,24,27). The first-order chi connectivity index (χ1) is 13.1. The molecular weight excluding hydrogens is 338 g/mol. The fourth-order valence-corrected chi connectivity index (χ4v) is 3.48. The van der Waals surface area contributed by atoms with E-state index in [9.17, 15) is 4.79 Å². The van der Waals surface area contributed by atoms with Crippen molar-refractivity contribution in [3.8, 4) is 0 Å². The second-order valence-corrected chi connectivity index (χ2v) is 7.49. The summed E-state index contributed by atoms with van der Waals surface area (Å²) < 4.78 is 0. The van der Waals surface area contributed by atoms with Crippen molar-refractivity contribution in [1.29, 1.82) is 0 Å². The lowest BCUT2D eigenvalue weighted by Crippen LogP contribution is -2.14. The van der Waals surface area contributed by atoms with Crippen molar-refractivity contribution in [2.75, 3.05) is 29.6 Å². The Hall–Kier alpha value is -2.63. The van der Waals surface area contributed by atoms with Crippen LogP contribution < -0.4 is 15.5 Å². The molecule has 1 heterocycles. The van der Waals surface area contributed by atoms with E-state index in [2.05, 4.69) is 20.8 Å². The second-order valence-electron chi connectivity index (χ2n) is 7.49. The number of aromatic nitrogens is 2. The normalized spacial score (nSPS) is 14.6. The number of hydrogen-bond acceptors (Lipinski definition) is 5. The van der Waals surface area contributed by atoms with E-state index >= 15 is 0 Å². The number of anilines is 4. The maximum absolute atomic E-state index is 12.2. The first-order valence-electron chi connectivity index (χ1n) is 9.77. The highest BCUT2D eigenvalue weighted by atomic mass is 16.1. The Morgan fingerprint density at radius 2 is 1.81 bits per heavy atom. The van der Waals surface area contributed by atoms with Gasteiger partial charge >= 0.3 is 0 Å². The molecular formula is C21H29N5O. The van der Waals surface area contributed by atoms with Gasteiger partial charge in [0.15, 0.2) is 5.82 Å². The highest BCUT2D eigenvalue weighted by molar-refractivity contribution is 5.90. The Bertz CT molecular complexity index is 738. The minimum absolute atomic E-state index is 0.103. The Kier molecular flexibility index (Phi) is 6.63. The molecule has 144 valence electrons. The summed E-state index contributed by atoms with van der Waals surface area (Å²) >= 11 is 0. The minimum Gasteiger partial charge on any atom is -0.376 e. The van der Waals surface area contributed by atoms with Crippen LogP contribution in [-0.2, 0) is 4.79 Å². The summed E-state index contributed by atoms with van der Waals surface area (Å²) in [5.41, 5.74) is 2.71. The Labute approximate surface area is 161 Å². The van der Waals surface area contributed by atoms with Crippen molar-refractivity contribution in [1.82, 2.24) is 10.2 Å². The molecule has 1 fully saturated rings. The van der Waals surface area contributed by atoms with Gasteiger partial charge in [0.05, 0.1) is 11.9 Å². The molecule has 27 heavy (non-hydrogen) atoms. The summed E-state index contributed by atoms with van der Waals surface area (Å²) in [5, 5.41) is 14.3. The number of amides is 1. The predicted octanol–water partition coefficient (Wildman–Crippen LogP) is 4.59. The summed E-state index contributed by atoms with van der Waals surface area (Å²) in [6.45, 7) is 0. The highest BCUT2D eigenvalue weighted by Gasteiger charge is 2.14. The van der Waals surface area contributed by atoms with Crippen LogP contribution >= 0.6 is 0 Å². The average Bonchev–Trinajstić information content (AvgIpc) is 2.69. The van der Waals surface area contributed by atoms with Crippen LogP contribution in [0.1, 0.15) is 44.9 Å². The third kappa shape index (κ3) is 5.94. The van der Waals surface area contributed by atoms with Crippen molar-refractivity contribution in [3.05, 3.63) is 36.5 Å². The first kappa shape index (κ1) is 19.1. The molecule has 0 atom stereocenters. The molecule has 1 aromatic carbocycles. The molecule has 2 aromatic rings. The number of rotatable bonds is 7. The molecule has 0 saturated heterocycles. The molecule has 6 heteroatoms. The van der Waals surface area contributed by atoms with E-state index in [1.54, 1.807) is 6.20 Å². The van der Waals surface area contributed by atoms with Gasteiger partial charge in [0.25, 0.3) is 0 Å². The summed E-state index contributed by atoms with van der Waals surface area (Å²) in [6, 6.07) is 9.61. The van der Waals surface area contributed by atoms with Crippen LogP contribution in [0.4, 0.5) is 22.9 Å². The van der Waals surface area contributed by atoms with Gasteiger partial charge in [0, 0.05) is 38.0 Å². The summed E-state index contributed by atoms with van der Waals surface area (Å²) in [4.78, 5) is 14.2. The quantitative estimate of drug-likeness (QED) is 0.749. The van der Waals surface area contributed by atoms with Gasteiger partial charge in [-0.1, -0.05) is 32.1 Å². The van der Waals surface area contributed by atoms with E-state index in [1.807, 2.05) is 49.3 Å². The van der Waals surface area contributed by atoms with Crippen molar-refractivity contribution in [2.45, 2.75) is 44.9 Å². The van der Waals surface area contributed by atoms with Crippen molar-refractivity contribution in [3.63, 3.8) is 0 Å². The van der Waals surface area contributed by atoms with Crippen LogP contribution in [0.2, 0.25) is 0 Å². The van der Waals surface area contributed by atoms with Gasteiger partial charge < -0.3 is 15.5 Å². The molecule has 1 aliphatic carbocycles. The van der Waals surface area contributed by atoms with Gasteiger partial charge in [0.2, 0.25) is 5.91 Å². The van der Waals surface area contributed by atoms with Crippen molar-refractivity contribution < 1.29 is 4.79 Å². The molecule has 0 bridgehead atoms. The predicted molar refractivity (Wildman–Crippen MR) is 111 cm³/mol. The zero-order chi connectivity index (χ0) is 19.1. The third-order valence-corrected chi connectivity index (χ3v) is 5.10. The zero-order valence-corrected chi connectivity index (χ0v) is 16.2. The van der Waals surface area contributed by atoms with Gasteiger partial charge in [-0.2, -0.15) is 5.10 Å². The number of nitrogens with zero attached hydrogens (tertiary/aromatic N) is 3. The molecule has 0 spiro atoms. The number of carbonyl (C=O) groups is 1. The van der Waals surface area contributed by atoms with Gasteiger partial charge in [-0.15, -0.1) is 5.10 Å². The van der Waals surface area contributed by atoms with Gasteiger partial charge in [-0.05, 0) is 36.6 Å². The summed E-state index contributed by atoms with van der Waals surface area (Å²) in [7, 11) is 3.93. The van der Waals surface area contributed by atoms with Crippen LogP contribution in [0.3, 0.4) is 0 Å². The van der Waals surface area contributed by atoms with Crippen molar-refractivity contribution in [2.24, 2.45) is 5.92 Å². The van der Waals surface area contributed by atoms with Crippen LogP contribution in [-0.4, -0.2) is 30.2 Å².